The summed E-state index contributed by atoms with van der Waals surface area (Å²) in [7, 11) is 0. The molecule has 4 nitrogen and oxygen atoms in total. The van der Waals surface area contributed by atoms with Gasteiger partial charge in [-0.15, -0.1) is 0 Å². The first-order valence-electron chi connectivity index (χ1n) is 4.08. The van der Waals surface area contributed by atoms with Crippen LogP contribution in [0.5, 0.6) is 0 Å². The number of carbonyl (C=O) groups is 1. The average molecular weight is 250 g/mol. The maximum absolute atomic E-state index is 11.4. The van der Waals surface area contributed by atoms with E-state index >= 15 is 0 Å². The van der Waals surface area contributed by atoms with Crippen LogP contribution in [0.25, 0.3) is 0 Å². The van der Waals surface area contributed by atoms with E-state index in [-0.39, 0.29) is 28.8 Å². The number of halogens is 2. The number of benzene rings is 1. The predicted octanol–water partition coefficient (Wildman–Crippen LogP) is 1.72. The lowest BCUT2D eigenvalue weighted by molar-refractivity contribution is 0.0434. The third kappa shape index (κ3) is 2.99. The number of anilines is 1. The second-order valence-corrected chi connectivity index (χ2v) is 3.51. The van der Waals surface area contributed by atoms with Crippen LogP contribution in [-0.4, -0.2) is 24.3 Å². The third-order valence-corrected chi connectivity index (χ3v) is 2.40. The average Bonchev–Trinajstić information content (AvgIpc) is 2.19. The van der Waals surface area contributed by atoms with Gasteiger partial charge >= 0.3 is 5.97 Å². The highest BCUT2D eigenvalue weighted by atomic mass is 35.5. The minimum absolute atomic E-state index is 0.0915. The van der Waals surface area contributed by atoms with Crippen molar-refractivity contribution in [3.8, 4) is 0 Å². The highest BCUT2D eigenvalue weighted by molar-refractivity contribution is 6.44. The number of nitrogens with two attached hydrogens (primary N) is 1. The van der Waals surface area contributed by atoms with Gasteiger partial charge in [-0.2, -0.15) is 0 Å². The first-order chi connectivity index (χ1) is 7.06. The molecule has 0 aliphatic heterocycles. The molecule has 0 spiro atoms. The van der Waals surface area contributed by atoms with Crippen LogP contribution in [0.4, 0.5) is 5.69 Å². The summed E-state index contributed by atoms with van der Waals surface area (Å²) in [5, 5.41) is 8.76. The Morgan fingerprint density at radius 1 is 1.47 bits per heavy atom. The van der Waals surface area contributed by atoms with E-state index in [1.54, 1.807) is 0 Å². The first-order valence-corrected chi connectivity index (χ1v) is 4.84. The van der Waals surface area contributed by atoms with Crippen LogP contribution in [0.15, 0.2) is 12.1 Å². The standard InChI is InChI=1S/C9H9Cl2NO3/c10-7-4-5(12)3-6(8(7)11)9(14)15-2-1-13/h3-4,13H,1-2,12H2. The summed E-state index contributed by atoms with van der Waals surface area (Å²) in [5.74, 6) is -0.664. The minimum Gasteiger partial charge on any atom is -0.460 e. The topological polar surface area (TPSA) is 72.6 Å². The first kappa shape index (κ1) is 12.1. The van der Waals surface area contributed by atoms with E-state index in [2.05, 4.69) is 4.74 Å². The highest BCUT2D eigenvalue weighted by Gasteiger charge is 2.15. The lowest BCUT2D eigenvalue weighted by atomic mass is 10.2. The smallest absolute Gasteiger partial charge is 0.339 e. The molecular weight excluding hydrogens is 241 g/mol. The summed E-state index contributed by atoms with van der Waals surface area (Å²) in [6.45, 7) is -0.346. The van der Waals surface area contributed by atoms with Crippen LogP contribution < -0.4 is 5.73 Å². The van der Waals surface area contributed by atoms with Gasteiger partial charge in [-0.1, -0.05) is 23.2 Å². The van der Waals surface area contributed by atoms with Gasteiger partial charge in [-0.05, 0) is 12.1 Å². The second kappa shape index (κ2) is 5.21. The Labute approximate surface area is 96.5 Å². The van der Waals surface area contributed by atoms with Gasteiger partial charge in [0.05, 0.1) is 22.2 Å². The zero-order chi connectivity index (χ0) is 11.4. The number of carbonyl (C=O) groups excluding carboxylic acids is 1. The number of nitrogen functional groups attached to an aromatic ring is 1. The van der Waals surface area contributed by atoms with Gasteiger partial charge in [0, 0.05) is 5.69 Å². The molecule has 0 saturated carbocycles. The molecule has 0 saturated heterocycles. The largest absolute Gasteiger partial charge is 0.460 e. The summed E-state index contributed by atoms with van der Waals surface area (Å²) in [4.78, 5) is 11.4. The number of rotatable bonds is 3. The summed E-state index contributed by atoms with van der Waals surface area (Å²) >= 11 is 11.5. The van der Waals surface area contributed by atoms with E-state index in [1.165, 1.54) is 12.1 Å². The molecule has 0 fully saturated rings. The van der Waals surface area contributed by atoms with Crippen LogP contribution in [-0.2, 0) is 4.74 Å². The number of hydrogen-bond acceptors (Lipinski definition) is 4. The molecular formula is C9H9Cl2NO3. The molecule has 0 radical (unpaired) electrons. The van der Waals surface area contributed by atoms with Gasteiger partial charge < -0.3 is 15.6 Å². The van der Waals surface area contributed by atoms with E-state index < -0.39 is 5.97 Å². The van der Waals surface area contributed by atoms with Crippen molar-refractivity contribution in [2.45, 2.75) is 0 Å². The van der Waals surface area contributed by atoms with Crippen LogP contribution in [0, 0.1) is 0 Å². The Morgan fingerprint density at radius 2 is 2.13 bits per heavy atom. The summed E-state index contributed by atoms with van der Waals surface area (Å²) in [5.41, 5.74) is 5.91. The van der Waals surface area contributed by atoms with Crippen LogP contribution in [0.2, 0.25) is 10.0 Å². The fourth-order valence-corrected chi connectivity index (χ4v) is 1.39. The molecule has 0 aliphatic carbocycles. The molecule has 6 heteroatoms. The Morgan fingerprint density at radius 3 is 2.73 bits per heavy atom. The van der Waals surface area contributed by atoms with E-state index in [0.29, 0.717) is 5.69 Å². The molecule has 0 amide bonds. The van der Waals surface area contributed by atoms with E-state index in [4.69, 9.17) is 34.0 Å². The van der Waals surface area contributed by atoms with Gasteiger partial charge in [0.25, 0.3) is 0 Å². The van der Waals surface area contributed by atoms with Gasteiger partial charge in [0.1, 0.15) is 6.61 Å². The molecule has 0 bridgehead atoms. The van der Waals surface area contributed by atoms with Crippen molar-refractivity contribution in [2.75, 3.05) is 18.9 Å². The molecule has 1 rings (SSSR count). The third-order valence-electron chi connectivity index (χ3n) is 1.59. The quantitative estimate of drug-likeness (QED) is 0.632. The molecule has 0 unspecified atom stereocenters. The van der Waals surface area contributed by atoms with Crippen molar-refractivity contribution in [1.82, 2.24) is 0 Å². The monoisotopic (exact) mass is 249 g/mol. The van der Waals surface area contributed by atoms with Crippen LogP contribution >= 0.6 is 23.2 Å². The molecule has 0 heterocycles. The summed E-state index contributed by atoms with van der Waals surface area (Å²) in [6.07, 6.45) is 0. The normalized spacial score (nSPS) is 10.1. The molecule has 3 N–H and O–H groups in total. The fourth-order valence-electron chi connectivity index (χ4n) is 0.975. The van der Waals surface area contributed by atoms with Crippen molar-refractivity contribution in [3.63, 3.8) is 0 Å². The fraction of sp³-hybridized carbons (Fsp3) is 0.222. The Bertz CT molecular complexity index is 382. The molecule has 82 valence electrons. The molecule has 0 aliphatic rings. The Kier molecular flexibility index (Phi) is 4.20. The van der Waals surface area contributed by atoms with Crippen molar-refractivity contribution in [3.05, 3.63) is 27.7 Å². The lowest BCUT2D eigenvalue weighted by Gasteiger charge is -2.07. The van der Waals surface area contributed by atoms with E-state index in [1.807, 2.05) is 0 Å². The maximum Gasteiger partial charge on any atom is 0.339 e. The van der Waals surface area contributed by atoms with E-state index in [9.17, 15) is 4.79 Å². The zero-order valence-electron chi connectivity index (χ0n) is 7.67. The highest BCUT2D eigenvalue weighted by Crippen LogP contribution is 2.29. The van der Waals surface area contributed by atoms with Crippen molar-refractivity contribution >= 4 is 34.9 Å². The van der Waals surface area contributed by atoms with Crippen LogP contribution in [0.3, 0.4) is 0 Å². The molecule has 1 aromatic carbocycles. The van der Waals surface area contributed by atoms with Crippen LogP contribution in [0.1, 0.15) is 10.4 Å². The summed E-state index contributed by atoms with van der Waals surface area (Å²) in [6, 6.07) is 2.81. The lowest BCUT2D eigenvalue weighted by Crippen LogP contribution is -2.10. The minimum atomic E-state index is -0.664. The number of ether oxygens (including phenoxy) is 1. The van der Waals surface area contributed by atoms with Gasteiger partial charge in [-0.3, -0.25) is 0 Å². The van der Waals surface area contributed by atoms with Gasteiger partial charge in [0.2, 0.25) is 0 Å². The maximum atomic E-state index is 11.4. The Balaban J connectivity index is 2.98. The molecule has 0 aromatic heterocycles. The predicted molar refractivity (Wildman–Crippen MR) is 58.2 cm³/mol. The SMILES string of the molecule is Nc1cc(Cl)c(Cl)c(C(=O)OCCO)c1. The van der Waals surface area contributed by atoms with Crippen molar-refractivity contribution < 1.29 is 14.6 Å². The number of esters is 1. The molecule has 0 atom stereocenters. The van der Waals surface area contributed by atoms with Crippen molar-refractivity contribution in [2.24, 2.45) is 0 Å². The zero-order valence-corrected chi connectivity index (χ0v) is 9.18. The van der Waals surface area contributed by atoms with E-state index in [0.717, 1.165) is 0 Å². The van der Waals surface area contributed by atoms with Gasteiger partial charge in [-0.25, -0.2) is 4.79 Å². The van der Waals surface area contributed by atoms with Crippen molar-refractivity contribution in [1.29, 1.82) is 0 Å². The molecule has 15 heavy (non-hydrogen) atoms. The Hall–Kier alpha value is -0.970. The molecule has 1 aromatic rings. The number of aliphatic hydroxyl groups is 1. The van der Waals surface area contributed by atoms with Gasteiger partial charge in [0.15, 0.2) is 0 Å². The number of aliphatic hydroxyl groups excluding tert-OH is 1. The number of hydrogen-bond donors (Lipinski definition) is 2. The summed E-state index contributed by atoms with van der Waals surface area (Å²) < 4.78 is 4.68. The second-order valence-electron chi connectivity index (χ2n) is 2.72.